The number of piperidine rings is 1. The molecule has 2 aromatic carbocycles. The summed E-state index contributed by atoms with van der Waals surface area (Å²) < 4.78 is 19.1. The third-order valence-corrected chi connectivity index (χ3v) is 7.67. The molecule has 2 aliphatic rings. The van der Waals surface area contributed by atoms with Crippen molar-refractivity contribution in [1.82, 2.24) is 9.80 Å². The third-order valence-electron chi connectivity index (χ3n) is 7.26. The highest BCUT2D eigenvalue weighted by Gasteiger charge is 2.44. The second kappa shape index (κ2) is 13.7. The number of primary amides is 1. The lowest BCUT2D eigenvalue weighted by Gasteiger charge is -2.31. The van der Waals surface area contributed by atoms with Gasteiger partial charge < -0.3 is 25.6 Å². The van der Waals surface area contributed by atoms with Gasteiger partial charge in [0.2, 0.25) is 11.8 Å². The summed E-state index contributed by atoms with van der Waals surface area (Å²) in [5.74, 6) is -0.660. The summed E-state index contributed by atoms with van der Waals surface area (Å²) >= 11 is 5.70. The van der Waals surface area contributed by atoms with Crippen LogP contribution in [0.5, 0.6) is 5.75 Å². The predicted molar refractivity (Wildman–Crippen MR) is 155 cm³/mol. The van der Waals surface area contributed by atoms with E-state index in [9.17, 15) is 18.8 Å². The molecule has 2 saturated heterocycles. The van der Waals surface area contributed by atoms with Gasteiger partial charge in [-0.3, -0.25) is 19.3 Å². The molecule has 0 aliphatic carbocycles. The quantitative estimate of drug-likeness (QED) is 0.377. The summed E-state index contributed by atoms with van der Waals surface area (Å²) in [7, 11) is 0. The average Bonchev–Trinajstić information content (AvgIpc) is 3.17. The first-order valence-corrected chi connectivity index (χ1v) is 14.1. The molecule has 9 nitrogen and oxygen atoms in total. The van der Waals surface area contributed by atoms with Crippen LogP contribution in [0.1, 0.15) is 39.0 Å². The summed E-state index contributed by atoms with van der Waals surface area (Å²) in [5.41, 5.74) is 6.51. The first-order valence-electron chi connectivity index (χ1n) is 13.7. The van der Waals surface area contributed by atoms with Crippen molar-refractivity contribution in [2.75, 3.05) is 43.0 Å². The van der Waals surface area contributed by atoms with Crippen molar-refractivity contribution in [3.8, 4) is 5.75 Å². The Kier molecular flexibility index (Phi) is 10.1. The molecule has 1 atom stereocenters. The van der Waals surface area contributed by atoms with Crippen LogP contribution in [0.2, 0.25) is 0 Å². The molecular formula is C29H36FN5O4S. The lowest BCUT2D eigenvalue weighted by Crippen LogP contribution is -2.41. The van der Waals surface area contributed by atoms with E-state index >= 15 is 0 Å². The minimum absolute atomic E-state index is 0.0766. The predicted octanol–water partition coefficient (Wildman–Crippen LogP) is 3.53. The SMILES string of the molecule is CCCOc1ccc(NC(=O)C[C@@H]2C(=O)N(c3ccc(F)cc3)C(=S)N2CCCN2CCC(C(N)=O)CC2)cc1. The molecule has 4 rings (SSSR count). The van der Waals surface area contributed by atoms with Gasteiger partial charge in [0.1, 0.15) is 17.6 Å². The Morgan fingerprint density at radius 3 is 2.38 bits per heavy atom. The Labute approximate surface area is 239 Å². The van der Waals surface area contributed by atoms with Crippen LogP contribution in [0.4, 0.5) is 15.8 Å². The summed E-state index contributed by atoms with van der Waals surface area (Å²) in [6, 6.07) is 11.9. The van der Waals surface area contributed by atoms with E-state index in [1.807, 2.05) is 6.92 Å². The number of likely N-dealkylation sites (tertiary alicyclic amines) is 1. The number of carbonyl (C=O) groups is 3. The Morgan fingerprint density at radius 2 is 1.75 bits per heavy atom. The van der Waals surface area contributed by atoms with Gasteiger partial charge in [-0.1, -0.05) is 6.92 Å². The minimum Gasteiger partial charge on any atom is -0.494 e. The van der Waals surface area contributed by atoms with Crippen LogP contribution in [-0.2, 0) is 14.4 Å². The molecule has 40 heavy (non-hydrogen) atoms. The van der Waals surface area contributed by atoms with Gasteiger partial charge in [-0.2, -0.15) is 0 Å². The number of thiocarbonyl (C=S) groups is 1. The van der Waals surface area contributed by atoms with Crippen molar-refractivity contribution in [3.63, 3.8) is 0 Å². The van der Waals surface area contributed by atoms with E-state index in [0.717, 1.165) is 44.6 Å². The fraction of sp³-hybridized carbons (Fsp3) is 0.448. The van der Waals surface area contributed by atoms with Gasteiger partial charge in [0.15, 0.2) is 5.11 Å². The maximum absolute atomic E-state index is 13.6. The zero-order valence-electron chi connectivity index (χ0n) is 22.7. The molecular weight excluding hydrogens is 533 g/mol. The number of nitrogens with one attached hydrogen (secondary N) is 1. The van der Waals surface area contributed by atoms with Gasteiger partial charge in [-0.05, 0) is 106 Å². The van der Waals surface area contributed by atoms with E-state index in [2.05, 4.69) is 10.2 Å². The summed E-state index contributed by atoms with van der Waals surface area (Å²) in [5, 5.41) is 3.15. The van der Waals surface area contributed by atoms with E-state index in [0.29, 0.717) is 36.1 Å². The van der Waals surface area contributed by atoms with Crippen LogP contribution in [0.15, 0.2) is 48.5 Å². The smallest absolute Gasteiger partial charge is 0.256 e. The molecule has 2 aromatic rings. The highest BCUT2D eigenvalue weighted by atomic mass is 32.1. The molecule has 0 bridgehead atoms. The van der Waals surface area contributed by atoms with Gasteiger partial charge in [0, 0.05) is 18.2 Å². The van der Waals surface area contributed by atoms with Crippen LogP contribution in [0.3, 0.4) is 0 Å². The average molecular weight is 570 g/mol. The Hall–Kier alpha value is -3.57. The Bertz CT molecular complexity index is 1200. The normalized spacial score (nSPS) is 18.3. The number of rotatable bonds is 12. The van der Waals surface area contributed by atoms with Crippen LogP contribution < -0.4 is 20.7 Å². The van der Waals surface area contributed by atoms with Gasteiger partial charge in [0.05, 0.1) is 18.7 Å². The zero-order valence-corrected chi connectivity index (χ0v) is 23.5. The lowest BCUT2D eigenvalue weighted by molar-refractivity contribution is -0.124. The first-order chi connectivity index (χ1) is 19.3. The number of hydrogen-bond acceptors (Lipinski definition) is 6. The standard InChI is InChI=1S/C29H36FN5O4S/c1-2-18-39-24-10-6-22(7-11-24)32-26(36)19-25-28(38)35(23-8-4-21(30)5-9-23)29(40)34(25)15-3-14-33-16-12-20(13-17-33)27(31)37/h4-11,20,25H,2-3,12-19H2,1H3,(H2,31,37)(H,32,36)/t25-/m1/s1. The van der Waals surface area contributed by atoms with Gasteiger partial charge >= 0.3 is 0 Å². The summed E-state index contributed by atoms with van der Waals surface area (Å²) in [4.78, 5) is 43.5. The number of amides is 3. The van der Waals surface area contributed by atoms with Crippen molar-refractivity contribution in [2.24, 2.45) is 11.7 Å². The second-order valence-electron chi connectivity index (χ2n) is 10.1. The number of ether oxygens (including phenoxy) is 1. The Morgan fingerprint density at radius 1 is 1.07 bits per heavy atom. The van der Waals surface area contributed by atoms with Crippen LogP contribution >= 0.6 is 12.2 Å². The number of benzene rings is 2. The van der Waals surface area contributed by atoms with E-state index in [1.54, 1.807) is 29.2 Å². The molecule has 0 spiro atoms. The van der Waals surface area contributed by atoms with Gasteiger partial charge in [-0.25, -0.2) is 4.39 Å². The first kappa shape index (κ1) is 29.4. The second-order valence-corrected chi connectivity index (χ2v) is 10.5. The molecule has 2 heterocycles. The van der Waals surface area contributed by atoms with Crippen molar-refractivity contribution in [3.05, 3.63) is 54.3 Å². The monoisotopic (exact) mass is 569 g/mol. The minimum atomic E-state index is -0.787. The maximum atomic E-state index is 13.6. The highest BCUT2D eigenvalue weighted by Crippen LogP contribution is 2.28. The van der Waals surface area contributed by atoms with Crippen molar-refractivity contribution < 1.29 is 23.5 Å². The lowest BCUT2D eigenvalue weighted by atomic mass is 9.96. The highest BCUT2D eigenvalue weighted by molar-refractivity contribution is 7.80. The molecule has 214 valence electrons. The molecule has 3 N–H and O–H groups in total. The van der Waals surface area contributed by atoms with Crippen molar-refractivity contribution in [1.29, 1.82) is 0 Å². The third kappa shape index (κ3) is 7.33. The number of nitrogens with zero attached hydrogens (tertiary/aromatic N) is 3. The molecule has 3 amide bonds. The topological polar surface area (TPSA) is 108 Å². The van der Waals surface area contributed by atoms with E-state index in [1.165, 1.54) is 29.2 Å². The summed E-state index contributed by atoms with van der Waals surface area (Å²) in [6.45, 7) is 5.44. The van der Waals surface area contributed by atoms with E-state index in [-0.39, 0.29) is 30.1 Å². The number of carbonyl (C=O) groups excluding carboxylic acids is 3. The van der Waals surface area contributed by atoms with Gasteiger partial charge in [0.25, 0.3) is 5.91 Å². The fourth-order valence-electron chi connectivity index (χ4n) is 5.06. The number of hydrogen-bond donors (Lipinski definition) is 2. The van der Waals surface area contributed by atoms with Crippen molar-refractivity contribution in [2.45, 2.75) is 45.1 Å². The number of anilines is 2. The molecule has 0 aromatic heterocycles. The number of halogens is 1. The van der Waals surface area contributed by atoms with Crippen LogP contribution in [-0.4, -0.2) is 71.5 Å². The maximum Gasteiger partial charge on any atom is 0.256 e. The van der Waals surface area contributed by atoms with Crippen LogP contribution in [0.25, 0.3) is 0 Å². The van der Waals surface area contributed by atoms with E-state index < -0.39 is 11.9 Å². The van der Waals surface area contributed by atoms with Gasteiger partial charge in [-0.15, -0.1) is 0 Å². The van der Waals surface area contributed by atoms with Crippen LogP contribution in [0, 0.1) is 11.7 Å². The molecule has 0 saturated carbocycles. The summed E-state index contributed by atoms with van der Waals surface area (Å²) in [6.07, 6.45) is 3.00. The zero-order chi connectivity index (χ0) is 28.6. The molecule has 11 heteroatoms. The molecule has 0 unspecified atom stereocenters. The van der Waals surface area contributed by atoms with E-state index in [4.69, 9.17) is 22.7 Å². The molecule has 2 aliphatic heterocycles. The Balaban J connectivity index is 1.41. The molecule has 0 radical (unpaired) electrons. The number of nitrogens with two attached hydrogens (primary N) is 1. The van der Waals surface area contributed by atoms with Crippen molar-refractivity contribution >= 4 is 46.4 Å². The fourth-order valence-corrected chi connectivity index (χ4v) is 5.48. The largest absolute Gasteiger partial charge is 0.494 e. The molecule has 2 fully saturated rings.